The molecule has 23 heavy (non-hydrogen) atoms. The summed E-state index contributed by atoms with van der Waals surface area (Å²) in [6.45, 7) is 6.07. The maximum Gasteiger partial charge on any atom is 0.223 e. The van der Waals surface area contributed by atoms with Crippen molar-refractivity contribution >= 4 is 17.9 Å². The zero-order valence-corrected chi connectivity index (χ0v) is 13.9. The molecule has 5 heteroatoms. The number of carbonyl (C=O) groups is 1. The van der Waals surface area contributed by atoms with Crippen molar-refractivity contribution in [3.05, 3.63) is 23.8 Å². The highest BCUT2D eigenvalue weighted by atomic mass is 16.5. The Morgan fingerprint density at radius 2 is 2.35 bits per heavy atom. The number of rotatable bonds is 5. The van der Waals surface area contributed by atoms with E-state index in [2.05, 4.69) is 23.3 Å². The molecule has 2 atom stereocenters. The van der Waals surface area contributed by atoms with Crippen LogP contribution in [-0.2, 0) is 4.79 Å². The maximum absolute atomic E-state index is 11.9. The molecule has 0 aromatic heterocycles. The van der Waals surface area contributed by atoms with E-state index in [1.54, 1.807) is 13.3 Å². The van der Waals surface area contributed by atoms with Crippen LogP contribution in [0, 0.1) is 0 Å². The van der Waals surface area contributed by atoms with E-state index in [-0.39, 0.29) is 5.91 Å². The van der Waals surface area contributed by atoms with Crippen LogP contribution >= 0.6 is 0 Å². The minimum atomic E-state index is 0.0888. The van der Waals surface area contributed by atoms with Crippen molar-refractivity contribution in [1.82, 2.24) is 5.32 Å². The van der Waals surface area contributed by atoms with Crippen LogP contribution in [0.25, 0.3) is 0 Å². The Labute approximate surface area is 137 Å². The first-order valence-electron chi connectivity index (χ1n) is 8.48. The number of ether oxygens (including phenoxy) is 1. The van der Waals surface area contributed by atoms with E-state index < -0.39 is 0 Å². The summed E-state index contributed by atoms with van der Waals surface area (Å²) in [6, 6.07) is 6.57. The fraction of sp³-hybridized carbons (Fsp3) is 0.556. The van der Waals surface area contributed by atoms with Gasteiger partial charge in [-0.15, -0.1) is 0 Å². The van der Waals surface area contributed by atoms with Crippen LogP contribution in [0.3, 0.4) is 0 Å². The third-order valence-corrected chi connectivity index (χ3v) is 4.59. The second-order valence-corrected chi connectivity index (χ2v) is 6.32. The zero-order chi connectivity index (χ0) is 16.2. The summed E-state index contributed by atoms with van der Waals surface area (Å²) in [5.41, 5.74) is 2.20. The van der Waals surface area contributed by atoms with Gasteiger partial charge in [-0.05, 0) is 48.9 Å². The minimum Gasteiger partial charge on any atom is -0.493 e. The van der Waals surface area contributed by atoms with E-state index in [1.165, 1.54) is 5.56 Å². The number of hydrogen-bond acceptors (Lipinski definition) is 4. The second kappa shape index (κ2) is 7.02. The molecular formula is C18H25N3O2. The van der Waals surface area contributed by atoms with Crippen molar-refractivity contribution in [2.45, 2.75) is 45.1 Å². The number of nitrogens with zero attached hydrogens (tertiary/aromatic N) is 2. The Kier molecular flexibility index (Phi) is 4.84. The quantitative estimate of drug-likeness (QED) is 0.909. The molecule has 124 valence electrons. The van der Waals surface area contributed by atoms with Crippen molar-refractivity contribution in [2.24, 2.45) is 4.99 Å². The van der Waals surface area contributed by atoms with Gasteiger partial charge in [0.25, 0.3) is 0 Å². The Morgan fingerprint density at radius 1 is 1.48 bits per heavy atom. The lowest BCUT2D eigenvalue weighted by molar-refractivity contribution is -0.116. The van der Waals surface area contributed by atoms with Gasteiger partial charge in [0, 0.05) is 25.2 Å². The van der Waals surface area contributed by atoms with Gasteiger partial charge in [0.15, 0.2) is 0 Å². The van der Waals surface area contributed by atoms with Gasteiger partial charge in [-0.25, -0.2) is 0 Å². The Hall–Kier alpha value is -2.04. The number of carbonyl (C=O) groups excluding carboxylic acids is 1. The molecule has 0 fully saturated rings. The minimum absolute atomic E-state index is 0.0888. The molecule has 0 bridgehead atoms. The molecule has 2 heterocycles. The molecule has 2 aliphatic rings. The number of amides is 1. The number of nitrogens with one attached hydrogen (secondary N) is 1. The maximum atomic E-state index is 11.9. The van der Waals surface area contributed by atoms with Crippen LogP contribution in [0.1, 0.15) is 44.6 Å². The third kappa shape index (κ3) is 3.49. The van der Waals surface area contributed by atoms with E-state index >= 15 is 0 Å². The number of aliphatic imine (C=N–C) groups is 1. The Morgan fingerprint density at radius 3 is 3.04 bits per heavy atom. The summed E-state index contributed by atoms with van der Waals surface area (Å²) >= 11 is 0. The highest BCUT2D eigenvalue weighted by Gasteiger charge is 2.26. The summed E-state index contributed by atoms with van der Waals surface area (Å²) in [5, 5.41) is 3.31. The monoisotopic (exact) mass is 315 g/mol. The summed E-state index contributed by atoms with van der Waals surface area (Å²) in [4.78, 5) is 18.0. The average Bonchev–Trinajstić information content (AvgIpc) is 3.05. The van der Waals surface area contributed by atoms with E-state index in [1.807, 2.05) is 17.0 Å². The molecule has 0 radical (unpaired) electrons. The van der Waals surface area contributed by atoms with Gasteiger partial charge in [0.1, 0.15) is 5.75 Å². The molecule has 3 rings (SSSR count). The number of benzene rings is 1. The Bertz CT molecular complexity index is 592. The van der Waals surface area contributed by atoms with E-state index in [9.17, 15) is 4.79 Å². The molecule has 0 saturated carbocycles. The van der Waals surface area contributed by atoms with Crippen LogP contribution in [0.4, 0.5) is 5.69 Å². The van der Waals surface area contributed by atoms with Crippen LogP contribution in [0.15, 0.2) is 23.2 Å². The molecule has 1 amide bonds. The van der Waals surface area contributed by atoms with E-state index in [0.29, 0.717) is 12.0 Å². The zero-order valence-electron chi connectivity index (χ0n) is 13.9. The average molecular weight is 315 g/mol. The second-order valence-electron chi connectivity index (χ2n) is 6.32. The van der Waals surface area contributed by atoms with Crippen molar-refractivity contribution in [3.8, 4) is 5.75 Å². The molecule has 0 saturated heterocycles. The molecule has 5 nitrogen and oxygen atoms in total. The number of fused-ring (bicyclic) bond motifs is 1. The van der Waals surface area contributed by atoms with E-state index in [0.717, 1.165) is 50.4 Å². The fourth-order valence-electron chi connectivity index (χ4n) is 3.43. The summed E-state index contributed by atoms with van der Waals surface area (Å²) < 4.78 is 5.82. The number of anilines is 1. The summed E-state index contributed by atoms with van der Waals surface area (Å²) in [6.07, 6.45) is 4.82. The summed E-state index contributed by atoms with van der Waals surface area (Å²) in [7, 11) is 0. The van der Waals surface area contributed by atoms with E-state index in [4.69, 9.17) is 4.74 Å². The topological polar surface area (TPSA) is 53.9 Å². The van der Waals surface area contributed by atoms with Crippen molar-refractivity contribution in [3.63, 3.8) is 0 Å². The van der Waals surface area contributed by atoms with Gasteiger partial charge in [0.2, 0.25) is 5.91 Å². The molecular weight excluding hydrogens is 290 g/mol. The predicted octanol–water partition coefficient (Wildman–Crippen LogP) is 2.71. The normalized spacial score (nSPS) is 22.2. The summed E-state index contributed by atoms with van der Waals surface area (Å²) in [5.74, 6) is 1.50. The standard InChI is InChI=1S/C18H25N3O2/c1-3-7-21(13(2)22)16-4-5-18-17(10-16)14(6-8-23-18)9-15-11-19-12-20-15/h4-5,10,12,14-15H,3,6-9,11H2,1-2H3,(H,19,20). The Balaban J connectivity index is 1.84. The molecule has 1 N–H and O–H groups in total. The van der Waals surface area contributed by atoms with Crippen molar-refractivity contribution in [2.75, 3.05) is 24.6 Å². The first kappa shape index (κ1) is 15.8. The SMILES string of the molecule is CCCN(C(C)=O)c1ccc2c(c1)C(CC1CN=CN1)CCO2. The van der Waals surface area contributed by atoms with Gasteiger partial charge < -0.3 is 15.0 Å². The molecule has 2 aliphatic heterocycles. The lowest BCUT2D eigenvalue weighted by Crippen LogP contribution is -2.30. The first-order chi connectivity index (χ1) is 11.2. The fourth-order valence-corrected chi connectivity index (χ4v) is 3.43. The van der Waals surface area contributed by atoms with Gasteiger partial charge in [-0.1, -0.05) is 6.92 Å². The molecule has 1 aromatic carbocycles. The van der Waals surface area contributed by atoms with Crippen molar-refractivity contribution in [1.29, 1.82) is 0 Å². The molecule has 2 unspecified atom stereocenters. The van der Waals surface area contributed by atoms with Gasteiger partial charge in [-0.2, -0.15) is 0 Å². The third-order valence-electron chi connectivity index (χ3n) is 4.59. The molecule has 0 aliphatic carbocycles. The van der Waals surface area contributed by atoms with Gasteiger partial charge in [0.05, 0.1) is 19.5 Å². The van der Waals surface area contributed by atoms with Gasteiger partial charge >= 0.3 is 0 Å². The lowest BCUT2D eigenvalue weighted by Gasteiger charge is -2.30. The van der Waals surface area contributed by atoms with Crippen molar-refractivity contribution < 1.29 is 9.53 Å². The molecule has 1 aromatic rings. The smallest absolute Gasteiger partial charge is 0.223 e. The predicted molar refractivity (Wildman–Crippen MR) is 92.5 cm³/mol. The number of hydrogen-bond donors (Lipinski definition) is 1. The van der Waals surface area contributed by atoms with Crippen LogP contribution in [0.5, 0.6) is 5.75 Å². The molecule has 0 spiro atoms. The largest absolute Gasteiger partial charge is 0.493 e. The van der Waals surface area contributed by atoms with Crippen LogP contribution in [-0.4, -0.2) is 38.0 Å². The first-order valence-corrected chi connectivity index (χ1v) is 8.48. The lowest BCUT2D eigenvalue weighted by atomic mass is 9.87. The van der Waals surface area contributed by atoms with Crippen LogP contribution < -0.4 is 15.0 Å². The van der Waals surface area contributed by atoms with Gasteiger partial charge in [-0.3, -0.25) is 9.79 Å². The highest BCUT2D eigenvalue weighted by Crippen LogP contribution is 2.39. The highest BCUT2D eigenvalue weighted by molar-refractivity contribution is 5.91. The van der Waals surface area contributed by atoms with Crippen LogP contribution in [0.2, 0.25) is 0 Å².